The van der Waals surface area contributed by atoms with Gasteiger partial charge in [0, 0.05) is 6.54 Å². The molecule has 0 aromatic rings. The lowest BCUT2D eigenvalue weighted by atomic mass is 10.0. The van der Waals surface area contributed by atoms with Gasteiger partial charge in [0.25, 0.3) is 0 Å². The highest BCUT2D eigenvalue weighted by Crippen LogP contribution is 2.19. The highest BCUT2D eigenvalue weighted by atomic mass is 16.5. The predicted molar refractivity (Wildman–Crippen MR) is 42.3 cm³/mol. The number of rotatable bonds is 1. The fourth-order valence-electron chi connectivity index (χ4n) is 1.19. The van der Waals surface area contributed by atoms with Crippen LogP contribution in [0, 0.1) is 0 Å². The van der Waals surface area contributed by atoms with Gasteiger partial charge in [-0.2, -0.15) is 0 Å². The maximum Gasteiger partial charge on any atom is 0.210 e. The number of hydrogen-bond donors (Lipinski definition) is 0. The van der Waals surface area contributed by atoms with Gasteiger partial charge in [-0.25, -0.2) is 0 Å². The average Bonchev–Trinajstić information content (AvgIpc) is 1.94. The Morgan fingerprint density at radius 1 is 1.64 bits per heavy atom. The zero-order valence-corrected chi connectivity index (χ0v) is 7.33. The van der Waals surface area contributed by atoms with Gasteiger partial charge in [0.1, 0.15) is 0 Å². The molecule has 0 bridgehead atoms. The molecule has 1 amide bonds. The van der Waals surface area contributed by atoms with E-state index in [1.54, 1.807) is 4.90 Å². The predicted octanol–water partition coefficient (Wildman–Crippen LogP) is 0.642. The molecule has 11 heavy (non-hydrogen) atoms. The van der Waals surface area contributed by atoms with Gasteiger partial charge < -0.3 is 9.64 Å². The molecule has 64 valence electrons. The molecule has 0 saturated carbocycles. The molecule has 0 spiro atoms. The summed E-state index contributed by atoms with van der Waals surface area (Å²) < 4.78 is 5.42. The lowest BCUT2D eigenvalue weighted by molar-refractivity contribution is -0.139. The molecule has 1 unspecified atom stereocenters. The largest absolute Gasteiger partial charge is 0.374 e. The van der Waals surface area contributed by atoms with Crippen LogP contribution < -0.4 is 0 Å². The van der Waals surface area contributed by atoms with Crippen molar-refractivity contribution in [1.82, 2.24) is 4.90 Å². The van der Waals surface area contributed by atoms with Crippen molar-refractivity contribution >= 4 is 6.41 Å². The van der Waals surface area contributed by atoms with Gasteiger partial charge in [-0.05, 0) is 20.8 Å². The SMILES string of the molecule is CC1CN(C=O)C(C)(C)CO1. The van der Waals surface area contributed by atoms with Gasteiger partial charge in [0.05, 0.1) is 18.2 Å². The molecule has 1 rings (SSSR count). The topological polar surface area (TPSA) is 29.5 Å². The molecule has 3 heteroatoms. The van der Waals surface area contributed by atoms with Gasteiger partial charge in [-0.15, -0.1) is 0 Å². The Morgan fingerprint density at radius 3 is 2.73 bits per heavy atom. The van der Waals surface area contributed by atoms with Crippen LogP contribution in [0.4, 0.5) is 0 Å². The molecular formula is C8H15NO2. The third-order valence-electron chi connectivity index (χ3n) is 2.08. The molecule has 0 N–H and O–H groups in total. The van der Waals surface area contributed by atoms with Crippen LogP contribution in [0.15, 0.2) is 0 Å². The van der Waals surface area contributed by atoms with Gasteiger partial charge in [-0.1, -0.05) is 0 Å². The standard InChI is InChI=1S/C8H15NO2/c1-7-4-9(6-10)8(2,3)5-11-7/h6-7H,4-5H2,1-3H3. The normalized spacial score (nSPS) is 30.1. The summed E-state index contributed by atoms with van der Waals surface area (Å²) in [6.07, 6.45) is 1.08. The lowest BCUT2D eigenvalue weighted by Crippen LogP contribution is -2.54. The minimum absolute atomic E-state index is 0.131. The van der Waals surface area contributed by atoms with Crippen LogP contribution in [0.3, 0.4) is 0 Å². The van der Waals surface area contributed by atoms with Crippen molar-refractivity contribution < 1.29 is 9.53 Å². The minimum atomic E-state index is -0.131. The van der Waals surface area contributed by atoms with Crippen molar-refractivity contribution in [3.05, 3.63) is 0 Å². The summed E-state index contributed by atoms with van der Waals surface area (Å²) in [5.41, 5.74) is -0.131. The Bertz CT molecular complexity index is 156. The molecule has 1 heterocycles. The Hall–Kier alpha value is -0.570. The van der Waals surface area contributed by atoms with Crippen molar-refractivity contribution in [3.63, 3.8) is 0 Å². The number of carbonyl (C=O) groups is 1. The van der Waals surface area contributed by atoms with Crippen molar-refractivity contribution in [2.75, 3.05) is 13.2 Å². The first kappa shape index (κ1) is 8.53. The maximum absolute atomic E-state index is 10.6. The van der Waals surface area contributed by atoms with Crippen LogP contribution in [0.25, 0.3) is 0 Å². The van der Waals surface area contributed by atoms with Gasteiger partial charge in [0.15, 0.2) is 0 Å². The summed E-state index contributed by atoms with van der Waals surface area (Å²) in [6.45, 7) is 7.33. The smallest absolute Gasteiger partial charge is 0.210 e. The van der Waals surface area contributed by atoms with Crippen molar-refractivity contribution in [2.45, 2.75) is 32.4 Å². The van der Waals surface area contributed by atoms with Gasteiger partial charge in [0.2, 0.25) is 6.41 Å². The Labute approximate surface area is 67.3 Å². The quantitative estimate of drug-likeness (QED) is 0.523. The third-order valence-corrected chi connectivity index (χ3v) is 2.08. The first-order valence-corrected chi connectivity index (χ1v) is 3.90. The van der Waals surface area contributed by atoms with Crippen LogP contribution in [-0.4, -0.2) is 36.1 Å². The molecule has 1 atom stereocenters. The molecular weight excluding hydrogens is 142 g/mol. The second-order valence-corrected chi connectivity index (χ2v) is 3.69. The second-order valence-electron chi connectivity index (χ2n) is 3.69. The van der Waals surface area contributed by atoms with E-state index >= 15 is 0 Å². The van der Waals surface area contributed by atoms with Crippen LogP contribution in [0.2, 0.25) is 0 Å². The summed E-state index contributed by atoms with van der Waals surface area (Å²) in [7, 11) is 0. The first-order chi connectivity index (χ1) is 5.06. The third kappa shape index (κ3) is 1.71. The van der Waals surface area contributed by atoms with E-state index in [2.05, 4.69) is 0 Å². The number of hydrogen-bond acceptors (Lipinski definition) is 2. The monoisotopic (exact) mass is 157 g/mol. The molecule has 0 aliphatic carbocycles. The van der Waals surface area contributed by atoms with Gasteiger partial charge in [-0.3, -0.25) is 4.79 Å². The molecule has 3 nitrogen and oxygen atoms in total. The summed E-state index contributed by atoms with van der Waals surface area (Å²) in [5, 5.41) is 0. The van der Waals surface area contributed by atoms with E-state index in [-0.39, 0.29) is 11.6 Å². The molecule has 1 aliphatic heterocycles. The number of amides is 1. The minimum Gasteiger partial charge on any atom is -0.374 e. The fraction of sp³-hybridized carbons (Fsp3) is 0.875. The number of carbonyl (C=O) groups excluding carboxylic acids is 1. The average molecular weight is 157 g/mol. The summed E-state index contributed by atoms with van der Waals surface area (Å²) in [5.74, 6) is 0. The van der Waals surface area contributed by atoms with E-state index in [1.165, 1.54) is 0 Å². The van der Waals surface area contributed by atoms with Crippen molar-refractivity contribution in [3.8, 4) is 0 Å². The number of nitrogens with zero attached hydrogens (tertiary/aromatic N) is 1. The first-order valence-electron chi connectivity index (χ1n) is 3.90. The molecule has 1 fully saturated rings. The van der Waals surface area contributed by atoms with Crippen LogP contribution in [-0.2, 0) is 9.53 Å². The Kier molecular flexibility index (Phi) is 2.18. The van der Waals surface area contributed by atoms with E-state index < -0.39 is 0 Å². The lowest BCUT2D eigenvalue weighted by Gasteiger charge is -2.42. The zero-order chi connectivity index (χ0) is 8.48. The van der Waals surface area contributed by atoms with E-state index in [1.807, 2.05) is 20.8 Å². The van der Waals surface area contributed by atoms with E-state index in [0.29, 0.717) is 13.2 Å². The fourth-order valence-corrected chi connectivity index (χ4v) is 1.19. The Balaban J connectivity index is 2.63. The van der Waals surface area contributed by atoms with Crippen LogP contribution in [0.1, 0.15) is 20.8 Å². The molecule has 0 aromatic heterocycles. The molecule has 0 aromatic carbocycles. The van der Waals surface area contributed by atoms with Crippen LogP contribution in [0.5, 0.6) is 0 Å². The molecule has 0 radical (unpaired) electrons. The van der Waals surface area contributed by atoms with Crippen molar-refractivity contribution in [2.24, 2.45) is 0 Å². The second kappa shape index (κ2) is 2.81. The Morgan fingerprint density at radius 2 is 2.27 bits per heavy atom. The summed E-state index contributed by atoms with van der Waals surface area (Å²) >= 11 is 0. The molecule has 1 aliphatic rings. The van der Waals surface area contributed by atoms with Crippen LogP contribution >= 0.6 is 0 Å². The molecule has 1 saturated heterocycles. The summed E-state index contributed by atoms with van der Waals surface area (Å²) in [6, 6.07) is 0. The highest BCUT2D eigenvalue weighted by Gasteiger charge is 2.32. The van der Waals surface area contributed by atoms with E-state index in [9.17, 15) is 4.79 Å². The maximum atomic E-state index is 10.6. The van der Waals surface area contributed by atoms with E-state index in [0.717, 1.165) is 6.41 Å². The highest BCUT2D eigenvalue weighted by molar-refractivity contribution is 5.49. The number of morpholine rings is 1. The van der Waals surface area contributed by atoms with Gasteiger partial charge >= 0.3 is 0 Å². The summed E-state index contributed by atoms with van der Waals surface area (Å²) in [4.78, 5) is 12.4. The zero-order valence-electron chi connectivity index (χ0n) is 7.33. The van der Waals surface area contributed by atoms with Crippen molar-refractivity contribution in [1.29, 1.82) is 0 Å². The number of ether oxygens (including phenoxy) is 1. The van der Waals surface area contributed by atoms with E-state index in [4.69, 9.17) is 4.74 Å².